The first kappa shape index (κ1) is 13.8. The van der Waals surface area contributed by atoms with Crippen molar-refractivity contribution >= 4 is 17.4 Å². The van der Waals surface area contributed by atoms with Crippen molar-refractivity contribution in [2.75, 3.05) is 6.61 Å². The minimum Gasteiger partial charge on any atom is -0.465 e. The molecule has 0 saturated carbocycles. The molecule has 6 nitrogen and oxygen atoms in total. The second-order valence-electron chi connectivity index (χ2n) is 3.61. The predicted molar refractivity (Wildman–Crippen MR) is 63.2 cm³/mol. The van der Waals surface area contributed by atoms with E-state index < -0.39 is 22.6 Å². The molecule has 0 aliphatic carbocycles. The summed E-state index contributed by atoms with van der Waals surface area (Å²) in [5.41, 5.74) is -0.195. The molecule has 0 aliphatic rings. The number of nitro groups is 1. The number of esters is 1. The van der Waals surface area contributed by atoms with E-state index in [1.54, 1.807) is 6.92 Å². The molecule has 0 radical (unpaired) electrons. The molecule has 18 heavy (non-hydrogen) atoms. The van der Waals surface area contributed by atoms with E-state index in [1.165, 1.54) is 31.2 Å². The Bertz CT molecular complexity index is 483. The smallest absolute Gasteiger partial charge is 0.321 e. The molecule has 96 valence electrons. The van der Waals surface area contributed by atoms with Crippen LogP contribution in [0.25, 0.3) is 0 Å². The molecule has 1 atom stereocenters. The van der Waals surface area contributed by atoms with Crippen molar-refractivity contribution in [2.45, 2.75) is 19.8 Å². The first-order chi connectivity index (χ1) is 8.49. The topological polar surface area (TPSA) is 86.5 Å². The number of Topliss-reactive ketones (excluding diaryl/α,β-unsaturated/α-hetero) is 1. The maximum absolute atomic E-state index is 11.7. The quantitative estimate of drug-likeness (QED) is 0.345. The molecule has 1 aromatic carbocycles. The lowest BCUT2D eigenvalue weighted by atomic mass is 9.94. The maximum Gasteiger partial charge on any atom is 0.321 e. The Hall–Kier alpha value is -2.24. The summed E-state index contributed by atoms with van der Waals surface area (Å²) in [5.74, 6) is -2.49. The highest BCUT2D eigenvalue weighted by molar-refractivity contribution is 6.04. The summed E-state index contributed by atoms with van der Waals surface area (Å²) in [6.45, 7) is 2.93. The third kappa shape index (κ3) is 2.91. The highest BCUT2D eigenvalue weighted by Crippen LogP contribution is 2.28. The first-order valence-corrected chi connectivity index (χ1v) is 5.39. The zero-order chi connectivity index (χ0) is 13.7. The SMILES string of the molecule is CCOC(=O)C(C(C)=O)c1ccccc1[N+](=O)[O-]. The molecule has 1 aromatic rings. The van der Waals surface area contributed by atoms with Gasteiger partial charge in [-0.2, -0.15) is 0 Å². The molecule has 0 saturated heterocycles. The molecule has 0 heterocycles. The predicted octanol–water partition coefficient (Wildman–Crippen LogP) is 1.83. The van der Waals surface area contributed by atoms with E-state index >= 15 is 0 Å². The van der Waals surface area contributed by atoms with Gasteiger partial charge in [-0.3, -0.25) is 19.7 Å². The monoisotopic (exact) mass is 251 g/mol. The largest absolute Gasteiger partial charge is 0.465 e. The van der Waals surface area contributed by atoms with Crippen LogP contribution < -0.4 is 0 Å². The molecule has 0 aromatic heterocycles. The fraction of sp³-hybridized carbons (Fsp3) is 0.333. The summed E-state index contributed by atoms with van der Waals surface area (Å²) in [5, 5.41) is 10.9. The molecule has 0 amide bonds. The standard InChI is InChI=1S/C12H13NO5/c1-3-18-12(15)11(8(2)14)9-6-4-5-7-10(9)13(16)17/h4-7,11H,3H2,1-2H3. The highest BCUT2D eigenvalue weighted by Gasteiger charge is 2.32. The Morgan fingerprint density at radius 3 is 2.50 bits per heavy atom. The third-order valence-electron chi connectivity index (χ3n) is 2.37. The average molecular weight is 251 g/mol. The Labute approximate surface area is 104 Å². The van der Waals surface area contributed by atoms with Gasteiger partial charge in [-0.1, -0.05) is 18.2 Å². The van der Waals surface area contributed by atoms with Crippen LogP contribution in [-0.4, -0.2) is 23.3 Å². The number of ether oxygens (including phenoxy) is 1. The van der Waals surface area contributed by atoms with Gasteiger partial charge in [-0.15, -0.1) is 0 Å². The van der Waals surface area contributed by atoms with E-state index in [-0.39, 0.29) is 17.9 Å². The third-order valence-corrected chi connectivity index (χ3v) is 2.37. The number of para-hydroxylation sites is 1. The summed E-state index contributed by atoms with van der Waals surface area (Å²) in [6, 6.07) is 5.66. The number of carbonyl (C=O) groups is 2. The number of benzene rings is 1. The van der Waals surface area contributed by atoms with Gasteiger partial charge in [0, 0.05) is 6.07 Å². The lowest BCUT2D eigenvalue weighted by molar-refractivity contribution is -0.385. The van der Waals surface area contributed by atoms with E-state index in [9.17, 15) is 19.7 Å². The summed E-state index contributed by atoms with van der Waals surface area (Å²) in [6.07, 6.45) is 0. The molecule has 0 bridgehead atoms. The Kier molecular flexibility index (Phi) is 4.53. The van der Waals surface area contributed by atoms with Gasteiger partial charge < -0.3 is 4.74 Å². The lowest BCUT2D eigenvalue weighted by Gasteiger charge is -2.12. The zero-order valence-electron chi connectivity index (χ0n) is 10.1. The summed E-state index contributed by atoms with van der Waals surface area (Å²) in [7, 11) is 0. The average Bonchev–Trinajstić information content (AvgIpc) is 2.29. The van der Waals surface area contributed by atoms with E-state index in [1.807, 2.05) is 0 Å². The number of nitrogens with zero attached hydrogens (tertiary/aromatic N) is 1. The fourth-order valence-corrected chi connectivity index (χ4v) is 1.64. The van der Waals surface area contributed by atoms with Gasteiger partial charge in [-0.05, 0) is 13.8 Å². The van der Waals surface area contributed by atoms with Crippen molar-refractivity contribution in [3.8, 4) is 0 Å². The Morgan fingerprint density at radius 2 is 2.00 bits per heavy atom. The number of carbonyl (C=O) groups excluding carboxylic acids is 2. The Balaban J connectivity index is 3.26. The van der Waals surface area contributed by atoms with Crippen molar-refractivity contribution in [1.82, 2.24) is 0 Å². The summed E-state index contributed by atoms with van der Waals surface area (Å²) >= 11 is 0. The van der Waals surface area contributed by atoms with Gasteiger partial charge in [0.1, 0.15) is 11.7 Å². The number of rotatable bonds is 5. The molecule has 0 spiro atoms. The van der Waals surface area contributed by atoms with E-state index in [2.05, 4.69) is 0 Å². The Morgan fingerprint density at radius 1 is 1.39 bits per heavy atom. The fourth-order valence-electron chi connectivity index (χ4n) is 1.64. The molecule has 6 heteroatoms. The first-order valence-electron chi connectivity index (χ1n) is 5.39. The van der Waals surface area contributed by atoms with Crippen LogP contribution in [0.5, 0.6) is 0 Å². The highest BCUT2D eigenvalue weighted by atomic mass is 16.6. The van der Waals surface area contributed by atoms with Crippen LogP contribution in [0, 0.1) is 10.1 Å². The molecule has 0 fully saturated rings. The van der Waals surface area contributed by atoms with Crippen LogP contribution in [0.3, 0.4) is 0 Å². The second kappa shape index (κ2) is 5.90. The number of hydrogen-bond donors (Lipinski definition) is 0. The van der Waals surface area contributed by atoms with Crippen molar-refractivity contribution in [3.05, 3.63) is 39.9 Å². The lowest BCUT2D eigenvalue weighted by Crippen LogP contribution is -2.23. The second-order valence-corrected chi connectivity index (χ2v) is 3.61. The van der Waals surface area contributed by atoms with E-state index in [0.717, 1.165) is 0 Å². The van der Waals surface area contributed by atoms with Crippen molar-refractivity contribution in [3.63, 3.8) is 0 Å². The maximum atomic E-state index is 11.7. The van der Waals surface area contributed by atoms with Crippen molar-refractivity contribution in [2.24, 2.45) is 0 Å². The van der Waals surface area contributed by atoms with Gasteiger partial charge in [0.25, 0.3) is 5.69 Å². The van der Waals surface area contributed by atoms with Crippen LogP contribution in [0.15, 0.2) is 24.3 Å². The normalized spacial score (nSPS) is 11.7. The van der Waals surface area contributed by atoms with Crippen LogP contribution in [0.1, 0.15) is 25.3 Å². The number of hydrogen-bond acceptors (Lipinski definition) is 5. The molecular weight excluding hydrogens is 238 g/mol. The molecule has 0 N–H and O–H groups in total. The molecule has 1 unspecified atom stereocenters. The van der Waals surface area contributed by atoms with Gasteiger partial charge >= 0.3 is 5.97 Å². The van der Waals surface area contributed by atoms with E-state index in [0.29, 0.717) is 0 Å². The number of ketones is 1. The molecule has 1 rings (SSSR count). The van der Waals surface area contributed by atoms with Gasteiger partial charge in [0.05, 0.1) is 17.1 Å². The van der Waals surface area contributed by atoms with Gasteiger partial charge in [0.2, 0.25) is 0 Å². The zero-order valence-corrected chi connectivity index (χ0v) is 10.1. The van der Waals surface area contributed by atoms with Gasteiger partial charge in [0.15, 0.2) is 0 Å². The van der Waals surface area contributed by atoms with Crippen molar-refractivity contribution < 1.29 is 19.2 Å². The van der Waals surface area contributed by atoms with Crippen LogP contribution >= 0.6 is 0 Å². The minimum atomic E-state index is -1.24. The van der Waals surface area contributed by atoms with Crippen LogP contribution in [0.2, 0.25) is 0 Å². The van der Waals surface area contributed by atoms with Gasteiger partial charge in [-0.25, -0.2) is 0 Å². The van der Waals surface area contributed by atoms with E-state index in [4.69, 9.17) is 4.74 Å². The summed E-state index contributed by atoms with van der Waals surface area (Å²) in [4.78, 5) is 33.5. The number of nitro benzene ring substituents is 1. The molecule has 0 aliphatic heterocycles. The molecular formula is C12H13NO5. The summed E-state index contributed by atoms with van der Waals surface area (Å²) < 4.78 is 4.77. The van der Waals surface area contributed by atoms with Crippen LogP contribution in [0.4, 0.5) is 5.69 Å². The minimum absolute atomic E-state index is 0.0634. The van der Waals surface area contributed by atoms with Crippen molar-refractivity contribution in [1.29, 1.82) is 0 Å². The van der Waals surface area contributed by atoms with Crippen LogP contribution in [-0.2, 0) is 14.3 Å².